The number of ether oxygens (including phenoxy) is 1. The van der Waals surface area contributed by atoms with E-state index in [4.69, 9.17) is 44.0 Å². The lowest BCUT2D eigenvalue weighted by Gasteiger charge is -2.13. The summed E-state index contributed by atoms with van der Waals surface area (Å²) in [4.78, 5) is 13.3. The van der Waals surface area contributed by atoms with Crippen LogP contribution < -0.4 is 10.2 Å². The molecular weight excluding hydrogens is 431 g/mol. The first-order valence-electron chi connectivity index (χ1n) is 8.83. The summed E-state index contributed by atoms with van der Waals surface area (Å²) in [6, 6.07) is 17.7. The van der Waals surface area contributed by atoms with E-state index in [9.17, 15) is 4.79 Å². The first kappa shape index (κ1) is 19.8. The number of benzene rings is 3. The highest BCUT2D eigenvalue weighted by molar-refractivity contribution is 6.35. The monoisotopic (exact) mass is 444 g/mol. The zero-order valence-corrected chi connectivity index (χ0v) is 17.6. The van der Waals surface area contributed by atoms with Crippen LogP contribution in [0.25, 0.3) is 22.3 Å². The molecule has 3 nitrogen and oxygen atoms in total. The fraction of sp³-hybridized carbons (Fsp3) is 0.0870. The third-order valence-electron chi connectivity index (χ3n) is 4.51. The Bertz CT molecular complexity index is 1280. The van der Waals surface area contributed by atoms with Crippen molar-refractivity contribution in [1.82, 2.24) is 0 Å². The minimum atomic E-state index is -0.269. The fourth-order valence-corrected chi connectivity index (χ4v) is 3.72. The molecule has 0 atom stereocenters. The number of halogens is 3. The molecule has 6 heteroatoms. The van der Waals surface area contributed by atoms with Crippen molar-refractivity contribution in [2.75, 3.05) is 0 Å². The van der Waals surface area contributed by atoms with Crippen molar-refractivity contribution in [2.45, 2.75) is 13.5 Å². The zero-order valence-electron chi connectivity index (χ0n) is 15.3. The molecule has 0 fully saturated rings. The molecule has 0 bridgehead atoms. The first-order chi connectivity index (χ1) is 13.9. The van der Waals surface area contributed by atoms with Gasteiger partial charge in [-0.05, 0) is 43.3 Å². The number of aryl methyl sites for hydroxylation is 1. The van der Waals surface area contributed by atoms with Crippen LogP contribution in [0.2, 0.25) is 15.1 Å². The van der Waals surface area contributed by atoms with Crippen LogP contribution in [0.1, 0.15) is 11.1 Å². The smallest absolute Gasteiger partial charge is 0.235 e. The van der Waals surface area contributed by atoms with Gasteiger partial charge in [0.05, 0.1) is 10.4 Å². The van der Waals surface area contributed by atoms with Crippen molar-refractivity contribution in [3.05, 3.63) is 97.1 Å². The minimum Gasteiger partial charge on any atom is -0.481 e. The third kappa shape index (κ3) is 3.99. The molecule has 1 aromatic heterocycles. The van der Waals surface area contributed by atoms with Gasteiger partial charge in [0.2, 0.25) is 11.2 Å². The molecular formula is C23H15Cl3O3. The average Bonchev–Trinajstić information content (AvgIpc) is 2.69. The van der Waals surface area contributed by atoms with Gasteiger partial charge >= 0.3 is 0 Å². The van der Waals surface area contributed by atoms with Crippen molar-refractivity contribution in [3.63, 3.8) is 0 Å². The molecule has 3 aromatic carbocycles. The Balaban J connectivity index is 1.88. The van der Waals surface area contributed by atoms with Crippen molar-refractivity contribution < 1.29 is 9.15 Å². The maximum absolute atomic E-state index is 13.3. The van der Waals surface area contributed by atoms with E-state index in [0.29, 0.717) is 37.2 Å². The van der Waals surface area contributed by atoms with E-state index >= 15 is 0 Å². The highest BCUT2D eigenvalue weighted by Crippen LogP contribution is 2.36. The van der Waals surface area contributed by atoms with Gasteiger partial charge in [-0.3, -0.25) is 4.79 Å². The van der Waals surface area contributed by atoms with E-state index in [1.54, 1.807) is 42.5 Å². The summed E-state index contributed by atoms with van der Waals surface area (Å²) in [5, 5.41) is 1.88. The van der Waals surface area contributed by atoms with E-state index in [0.717, 1.165) is 5.56 Å². The van der Waals surface area contributed by atoms with Gasteiger partial charge in [-0.25, -0.2) is 0 Å². The predicted octanol–water partition coefficient (Wildman–Crippen LogP) is 7.31. The second-order valence-electron chi connectivity index (χ2n) is 6.59. The molecule has 0 N–H and O–H groups in total. The van der Waals surface area contributed by atoms with Crippen LogP contribution in [0, 0.1) is 6.92 Å². The maximum atomic E-state index is 13.3. The summed E-state index contributed by atoms with van der Waals surface area (Å²) in [6.45, 7) is 1.99. The van der Waals surface area contributed by atoms with E-state index in [1.165, 1.54) is 0 Å². The second kappa shape index (κ2) is 8.11. The van der Waals surface area contributed by atoms with Crippen LogP contribution in [-0.4, -0.2) is 0 Å². The van der Waals surface area contributed by atoms with Gasteiger partial charge < -0.3 is 9.15 Å². The molecule has 146 valence electrons. The lowest BCUT2D eigenvalue weighted by atomic mass is 10.1. The fourth-order valence-electron chi connectivity index (χ4n) is 3.03. The van der Waals surface area contributed by atoms with Crippen molar-refractivity contribution in [1.29, 1.82) is 0 Å². The van der Waals surface area contributed by atoms with Crippen LogP contribution in [0.3, 0.4) is 0 Å². The van der Waals surface area contributed by atoms with Crippen molar-refractivity contribution in [3.8, 4) is 17.1 Å². The molecule has 0 aliphatic carbocycles. The Kier molecular flexibility index (Phi) is 5.55. The maximum Gasteiger partial charge on any atom is 0.235 e. The molecule has 1 heterocycles. The Labute approximate surface area is 182 Å². The summed E-state index contributed by atoms with van der Waals surface area (Å²) < 4.78 is 12.0. The molecule has 0 aliphatic rings. The predicted molar refractivity (Wildman–Crippen MR) is 118 cm³/mol. The van der Waals surface area contributed by atoms with Gasteiger partial charge in [-0.15, -0.1) is 0 Å². The van der Waals surface area contributed by atoms with Gasteiger partial charge in [-0.1, -0.05) is 64.6 Å². The highest BCUT2D eigenvalue weighted by Gasteiger charge is 2.20. The largest absolute Gasteiger partial charge is 0.481 e. The van der Waals surface area contributed by atoms with Crippen LogP contribution in [0.4, 0.5) is 0 Å². The summed E-state index contributed by atoms with van der Waals surface area (Å²) in [7, 11) is 0. The van der Waals surface area contributed by atoms with Gasteiger partial charge in [0, 0.05) is 21.2 Å². The van der Waals surface area contributed by atoms with E-state index in [2.05, 4.69) is 0 Å². The Morgan fingerprint density at radius 2 is 1.72 bits per heavy atom. The Morgan fingerprint density at radius 3 is 2.48 bits per heavy atom. The zero-order chi connectivity index (χ0) is 20.5. The number of hydrogen-bond donors (Lipinski definition) is 0. The lowest BCUT2D eigenvalue weighted by molar-refractivity contribution is 0.298. The van der Waals surface area contributed by atoms with E-state index in [-0.39, 0.29) is 23.5 Å². The van der Waals surface area contributed by atoms with E-state index in [1.807, 2.05) is 25.1 Å². The van der Waals surface area contributed by atoms with Gasteiger partial charge in [0.1, 0.15) is 12.2 Å². The highest BCUT2D eigenvalue weighted by atomic mass is 35.5. The SMILES string of the molecule is Cc1ccc2oc(-c3ccccc3Cl)c(OCc3ccc(Cl)cc3Cl)c(=O)c2c1. The molecule has 0 radical (unpaired) electrons. The molecule has 4 aromatic rings. The molecule has 29 heavy (non-hydrogen) atoms. The van der Waals surface area contributed by atoms with Crippen LogP contribution in [0.5, 0.6) is 5.75 Å². The summed E-state index contributed by atoms with van der Waals surface area (Å²) in [6.07, 6.45) is 0. The average molecular weight is 446 g/mol. The van der Waals surface area contributed by atoms with Crippen molar-refractivity contribution in [2.24, 2.45) is 0 Å². The topological polar surface area (TPSA) is 39.4 Å². The quantitative estimate of drug-likeness (QED) is 0.330. The molecule has 0 saturated heterocycles. The summed E-state index contributed by atoms with van der Waals surface area (Å²) in [5.74, 6) is 0.365. The molecule has 0 saturated carbocycles. The van der Waals surface area contributed by atoms with Crippen LogP contribution in [-0.2, 0) is 6.61 Å². The van der Waals surface area contributed by atoms with Gasteiger partial charge in [0.25, 0.3) is 0 Å². The van der Waals surface area contributed by atoms with Crippen LogP contribution >= 0.6 is 34.8 Å². The Morgan fingerprint density at radius 1 is 0.931 bits per heavy atom. The lowest BCUT2D eigenvalue weighted by Crippen LogP contribution is -2.10. The number of rotatable bonds is 4. The molecule has 0 amide bonds. The first-order valence-corrected chi connectivity index (χ1v) is 9.96. The second-order valence-corrected chi connectivity index (χ2v) is 7.84. The molecule has 4 rings (SSSR count). The summed E-state index contributed by atoms with van der Waals surface area (Å²) >= 11 is 18.6. The van der Waals surface area contributed by atoms with Gasteiger partial charge in [-0.2, -0.15) is 0 Å². The minimum absolute atomic E-state index is 0.0789. The van der Waals surface area contributed by atoms with E-state index < -0.39 is 0 Å². The van der Waals surface area contributed by atoms with Crippen molar-refractivity contribution >= 4 is 45.8 Å². The normalized spacial score (nSPS) is 11.0. The molecule has 0 unspecified atom stereocenters. The number of hydrogen-bond acceptors (Lipinski definition) is 3. The number of fused-ring (bicyclic) bond motifs is 1. The molecule has 0 aliphatic heterocycles. The summed E-state index contributed by atoms with van der Waals surface area (Å²) in [5.41, 5.74) is 2.42. The standard InChI is InChI=1S/C23H15Cl3O3/c1-13-6-9-20-17(10-13)21(27)23(22(29-20)16-4-2-3-5-18(16)25)28-12-14-7-8-15(24)11-19(14)26/h2-11H,12H2,1H3. The Hall–Kier alpha value is -2.46. The van der Waals surface area contributed by atoms with Gasteiger partial charge in [0.15, 0.2) is 5.76 Å². The van der Waals surface area contributed by atoms with Crippen LogP contribution in [0.15, 0.2) is 69.9 Å². The molecule has 0 spiro atoms. The third-order valence-corrected chi connectivity index (χ3v) is 5.43.